The van der Waals surface area contributed by atoms with E-state index in [2.05, 4.69) is 4.98 Å². The van der Waals surface area contributed by atoms with Crippen LogP contribution in [0.15, 0.2) is 53.4 Å². The van der Waals surface area contributed by atoms with Gasteiger partial charge < -0.3 is 0 Å². The van der Waals surface area contributed by atoms with Crippen molar-refractivity contribution in [2.45, 2.75) is 11.1 Å². The monoisotopic (exact) mass is 401 g/mol. The molecule has 0 aliphatic rings. The van der Waals surface area contributed by atoms with Gasteiger partial charge in [-0.25, -0.2) is 17.8 Å². The molecule has 0 unspecified atom stereocenters. The van der Waals surface area contributed by atoms with E-state index in [4.69, 9.17) is 0 Å². The summed E-state index contributed by atoms with van der Waals surface area (Å²) >= 11 is 0.426. The zero-order valence-electron chi connectivity index (χ0n) is 13.2. The zero-order valence-corrected chi connectivity index (χ0v) is 14.8. The molecule has 0 saturated heterocycles. The highest BCUT2D eigenvalue weighted by Crippen LogP contribution is 2.42. The summed E-state index contributed by atoms with van der Waals surface area (Å²) in [5.41, 5.74) is 0.567. The van der Waals surface area contributed by atoms with Gasteiger partial charge in [-0.1, -0.05) is 24.3 Å². The molecule has 0 N–H and O–H groups in total. The third-order valence-electron chi connectivity index (χ3n) is 3.51. The molecular formula is C17H11F4NO2S2. The molecule has 2 aromatic carbocycles. The van der Waals surface area contributed by atoms with Gasteiger partial charge in [-0.15, -0.1) is 11.3 Å². The lowest BCUT2D eigenvalue weighted by molar-refractivity contribution is -0.137. The smallest absolute Gasteiger partial charge is 0.231 e. The summed E-state index contributed by atoms with van der Waals surface area (Å²) in [5.74, 6) is -0.595. The van der Waals surface area contributed by atoms with E-state index in [0.717, 1.165) is 12.3 Å². The molecule has 0 radical (unpaired) electrons. The summed E-state index contributed by atoms with van der Waals surface area (Å²) in [4.78, 5) is 3.88. The molecule has 0 amide bonds. The van der Waals surface area contributed by atoms with Crippen LogP contribution in [0.5, 0.6) is 0 Å². The van der Waals surface area contributed by atoms with E-state index in [1.54, 1.807) is 0 Å². The van der Waals surface area contributed by atoms with Gasteiger partial charge in [-0.05, 0) is 29.8 Å². The highest BCUT2D eigenvalue weighted by molar-refractivity contribution is 7.90. The number of hydrogen-bond acceptors (Lipinski definition) is 4. The first-order chi connectivity index (χ1) is 12.1. The molecule has 3 nitrogen and oxygen atoms in total. The summed E-state index contributed by atoms with van der Waals surface area (Å²) in [5, 5.41) is -1.06. The van der Waals surface area contributed by atoms with Crippen molar-refractivity contribution < 1.29 is 26.0 Å². The highest BCUT2D eigenvalue weighted by Gasteiger charge is 2.36. The summed E-state index contributed by atoms with van der Waals surface area (Å²) in [6.07, 6.45) is -3.60. The van der Waals surface area contributed by atoms with Gasteiger partial charge >= 0.3 is 6.18 Å². The highest BCUT2D eigenvalue weighted by atomic mass is 32.2. The summed E-state index contributed by atoms with van der Waals surface area (Å²) < 4.78 is 75.9. The molecule has 0 bridgehead atoms. The van der Waals surface area contributed by atoms with E-state index < -0.39 is 26.8 Å². The quantitative estimate of drug-likeness (QED) is 0.578. The predicted octanol–water partition coefficient (Wildman–Crippen LogP) is 5.04. The fraction of sp³-hybridized carbons (Fsp3) is 0.118. The van der Waals surface area contributed by atoms with Crippen molar-refractivity contribution in [3.05, 3.63) is 59.4 Å². The lowest BCUT2D eigenvalue weighted by Gasteiger charge is -2.04. The van der Waals surface area contributed by atoms with Crippen LogP contribution in [-0.2, 0) is 16.0 Å². The fourth-order valence-electron chi connectivity index (χ4n) is 2.32. The summed E-state index contributed by atoms with van der Waals surface area (Å²) in [7, 11) is -3.43. The number of alkyl halides is 3. The van der Waals surface area contributed by atoms with Crippen LogP contribution in [0.25, 0.3) is 21.7 Å². The Bertz CT molecular complexity index is 1060. The Balaban J connectivity index is 2.18. The van der Waals surface area contributed by atoms with Gasteiger partial charge in [0.1, 0.15) is 5.82 Å². The molecule has 0 fully saturated rings. The maximum Gasteiger partial charge on any atom is 0.443 e. The third-order valence-corrected chi connectivity index (χ3v) is 5.79. The number of thiazole rings is 1. The molecule has 3 aromatic rings. The Hall–Kier alpha value is -2.26. The number of aromatic nitrogens is 1. The normalized spacial score (nSPS) is 12.3. The van der Waals surface area contributed by atoms with Crippen LogP contribution in [0, 0.1) is 5.82 Å². The first kappa shape index (κ1) is 18.5. The lowest BCUT2D eigenvalue weighted by Crippen LogP contribution is -2.03. The fourth-order valence-corrected chi connectivity index (χ4v) is 3.91. The van der Waals surface area contributed by atoms with E-state index >= 15 is 0 Å². The number of nitrogens with zero attached hydrogens (tertiary/aromatic N) is 1. The Labute approximate surface area is 150 Å². The van der Waals surface area contributed by atoms with E-state index in [1.807, 2.05) is 0 Å². The van der Waals surface area contributed by atoms with Crippen LogP contribution in [0.1, 0.15) is 5.01 Å². The van der Waals surface area contributed by atoms with Crippen LogP contribution in [0.4, 0.5) is 17.6 Å². The minimum Gasteiger partial charge on any atom is -0.231 e. The Kier molecular flexibility index (Phi) is 4.61. The minimum atomic E-state index is -4.64. The van der Waals surface area contributed by atoms with Crippen molar-refractivity contribution in [1.29, 1.82) is 0 Å². The SMILES string of the molecule is CS(=O)(=O)c1ccc(-c2sc(C(F)(F)F)nc2-c2cccc(F)c2)cc1. The van der Waals surface area contributed by atoms with E-state index in [0.29, 0.717) is 16.9 Å². The topological polar surface area (TPSA) is 47.0 Å². The summed E-state index contributed by atoms with van der Waals surface area (Å²) in [6, 6.07) is 10.6. The molecule has 0 atom stereocenters. The molecule has 3 rings (SSSR count). The second kappa shape index (κ2) is 6.48. The van der Waals surface area contributed by atoms with Gasteiger partial charge in [0.25, 0.3) is 0 Å². The average Bonchev–Trinajstić information content (AvgIpc) is 3.00. The number of benzene rings is 2. The van der Waals surface area contributed by atoms with Crippen molar-refractivity contribution in [2.75, 3.05) is 6.26 Å². The van der Waals surface area contributed by atoms with Gasteiger partial charge in [0.15, 0.2) is 14.8 Å². The minimum absolute atomic E-state index is 0.00562. The number of hydrogen-bond donors (Lipinski definition) is 0. The summed E-state index contributed by atoms with van der Waals surface area (Å²) in [6.45, 7) is 0. The van der Waals surface area contributed by atoms with Gasteiger partial charge in [-0.2, -0.15) is 13.2 Å². The van der Waals surface area contributed by atoms with E-state index in [-0.39, 0.29) is 21.0 Å². The number of sulfone groups is 1. The van der Waals surface area contributed by atoms with Crippen LogP contribution < -0.4 is 0 Å². The molecule has 9 heteroatoms. The van der Waals surface area contributed by atoms with Crippen molar-refractivity contribution in [1.82, 2.24) is 4.98 Å². The Morgan fingerprint density at radius 2 is 1.65 bits per heavy atom. The second-order valence-electron chi connectivity index (χ2n) is 5.50. The van der Waals surface area contributed by atoms with Crippen LogP contribution in [-0.4, -0.2) is 19.7 Å². The molecule has 0 aliphatic carbocycles. The first-order valence-electron chi connectivity index (χ1n) is 7.20. The number of halogens is 4. The maximum atomic E-state index is 13.5. The lowest BCUT2D eigenvalue weighted by atomic mass is 10.1. The van der Waals surface area contributed by atoms with Gasteiger partial charge in [0.2, 0.25) is 0 Å². The van der Waals surface area contributed by atoms with Crippen molar-refractivity contribution >= 4 is 21.2 Å². The predicted molar refractivity (Wildman–Crippen MR) is 91.1 cm³/mol. The first-order valence-corrected chi connectivity index (χ1v) is 9.91. The molecule has 136 valence electrons. The standard InChI is InChI=1S/C17H11F4NO2S2/c1-26(23,24)13-7-5-10(6-8-13)15-14(11-3-2-4-12(18)9-11)22-16(25-15)17(19,20)21/h2-9H,1H3. The van der Waals surface area contributed by atoms with Gasteiger partial charge in [-0.3, -0.25) is 0 Å². The maximum absolute atomic E-state index is 13.5. The van der Waals surface area contributed by atoms with Crippen molar-refractivity contribution in [3.63, 3.8) is 0 Å². The van der Waals surface area contributed by atoms with Crippen molar-refractivity contribution in [2.24, 2.45) is 0 Å². The third kappa shape index (κ3) is 3.78. The van der Waals surface area contributed by atoms with Crippen LogP contribution in [0.2, 0.25) is 0 Å². The van der Waals surface area contributed by atoms with Crippen molar-refractivity contribution in [3.8, 4) is 21.7 Å². The van der Waals surface area contributed by atoms with E-state index in [1.165, 1.54) is 42.5 Å². The molecule has 1 aromatic heterocycles. The molecule has 0 aliphatic heterocycles. The molecule has 0 saturated carbocycles. The largest absolute Gasteiger partial charge is 0.443 e. The van der Waals surface area contributed by atoms with Crippen LogP contribution in [0.3, 0.4) is 0 Å². The van der Waals surface area contributed by atoms with E-state index in [9.17, 15) is 26.0 Å². The number of rotatable bonds is 3. The van der Waals surface area contributed by atoms with Gasteiger partial charge in [0, 0.05) is 11.8 Å². The molecule has 26 heavy (non-hydrogen) atoms. The molecule has 0 spiro atoms. The van der Waals surface area contributed by atoms with Crippen LogP contribution >= 0.6 is 11.3 Å². The second-order valence-corrected chi connectivity index (χ2v) is 8.52. The Morgan fingerprint density at radius 1 is 1.00 bits per heavy atom. The Morgan fingerprint density at radius 3 is 2.19 bits per heavy atom. The van der Waals surface area contributed by atoms with Gasteiger partial charge in [0.05, 0.1) is 15.5 Å². The average molecular weight is 401 g/mol. The zero-order chi connectivity index (χ0) is 19.1. The molecular weight excluding hydrogens is 390 g/mol. The molecule has 1 heterocycles.